The first kappa shape index (κ1) is 18.8. The maximum absolute atomic E-state index is 13.0. The number of hydrogen-bond donors (Lipinski definition) is 1. The number of aryl methyl sites for hydroxylation is 1. The van der Waals surface area contributed by atoms with Gasteiger partial charge < -0.3 is 4.90 Å². The molecule has 0 spiro atoms. The van der Waals surface area contributed by atoms with Crippen molar-refractivity contribution in [3.05, 3.63) is 65.2 Å². The third kappa shape index (κ3) is 3.90. The molecule has 1 saturated heterocycles. The van der Waals surface area contributed by atoms with Crippen LogP contribution < -0.4 is 15.1 Å². The average Bonchev–Trinajstić information content (AvgIpc) is 2.66. The zero-order valence-corrected chi connectivity index (χ0v) is 16.3. The molecule has 0 aromatic heterocycles. The van der Waals surface area contributed by atoms with E-state index in [0.29, 0.717) is 5.69 Å². The lowest BCUT2D eigenvalue weighted by molar-refractivity contribution is -0.122. The van der Waals surface area contributed by atoms with E-state index < -0.39 is 11.8 Å². The molecule has 1 fully saturated rings. The van der Waals surface area contributed by atoms with E-state index in [9.17, 15) is 9.59 Å². The molecule has 5 nitrogen and oxygen atoms in total. The van der Waals surface area contributed by atoms with Gasteiger partial charge in [0.25, 0.3) is 11.8 Å². The molecular weight excluding hydrogens is 358 g/mol. The average molecular weight is 379 g/mol. The molecule has 138 valence electrons. The number of benzene rings is 2. The van der Waals surface area contributed by atoms with Crippen LogP contribution in [0.25, 0.3) is 6.08 Å². The van der Waals surface area contributed by atoms with Crippen LogP contribution in [0, 0.1) is 0 Å². The maximum Gasteiger partial charge on any atom is 0.270 e. The first-order valence-electron chi connectivity index (χ1n) is 8.68. The Kier molecular flexibility index (Phi) is 5.37. The molecule has 1 aliphatic rings. The second kappa shape index (κ2) is 7.72. The standard InChI is InChI=1S/C21H21N3O2S/c1-4-14-5-11-17(12-6-14)24-20(26)18(19(25)22-21(24)27)13-15-7-9-16(10-8-15)23(2)3/h5-13H,4H2,1-3H3,(H,22,25,27)/b18-13+. The molecule has 2 aromatic rings. The van der Waals surface area contributed by atoms with Crippen LogP contribution in [0.1, 0.15) is 18.1 Å². The van der Waals surface area contributed by atoms with E-state index in [-0.39, 0.29) is 10.7 Å². The van der Waals surface area contributed by atoms with E-state index in [0.717, 1.165) is 23.2 Å². The highest BCUT2D eigenvalue weighted by Gasteiger charge is 2.34. The minimum atomic E-state index is -0.483. The van der Waals surface area contributed by atoms with Gasteiger partial charge in [-0.1, -0.05) is 31.2 Å². The van der Waals surface area contributed by atoms with Gasteiger partial charge in [-0.25, -0.2) is 0 Å². The van der Waals surface area contributed by atoms with Gasteiger partial charge in [-0.2, -0.15) is 0 Å². The zero-order chi connectivity index (χ0) is 19.6. The Labute approximate surface area is 164 Å². The Morgan fingerprint density at radius 3 is 2.22 bits per heavy atom. The van der Waals surface area contributed by atoms with Gasteiger partial charge in [0, 0.05) is 19.8 Å². The van der Waals surface area contributed by atoms with Crippen molar-refractivity contribution in [1.29, 1.82) is 0 Å². The highest BCUT2D eigenvalue weighted by molar-refractivity contribution is 7.80. The third-order valence-electron chi connectivity index (χ3n) is 4.42. The van der Waals surface area contributed by atoms with Crippen LogP contribution in [0.5, 0.6) is 0 Å². The van der Waals surface area contributed by atoms with Gasteiger partial charge in [-0.05, 0) is 60.1 Å². The fourth-order valence-electron chi connectivity index (χ4n) is 2.81. The van der Waals surface area contributed by atoms with E-state index in [1.54, 1.807) is 6.08 Å². The molecule has 0 saturated carbocycles. The molecular formula is C21H21N3O2S. The van der Waals surface area contributed by atoms with Crippen LogP contribution in [-0.2, 0) is 16.0 Å². The summed E-state index contributed by atoms with van der Waals surface area (Å²) in [4.78, 5) is 28.7. The van der Waals surface area contributed by atoms with E-state index >= 15 is 0 Å². The molecule has 1 heterocycles. The van der Waals surface area contributed by atoms with Crippen LogP contribution in [-0.4, -0.2) is 31.0 Å². The lowest BCUT2D eigenvalue weighted by atomic mass is 10.1. The van der Waals surface area contributed by atoms with Crippen LogP contribution in [0.4, 0.5) is 11.4 Å². The molecule has 2 amide bonds. The summed E-state index contributed by atoms with van der Waals surface area (Å²) in [5.41, 5.74) is 3.66. The van der Waals surface area contributed by atoms with Gasteiger partial charge in [-0.3, -0.25) is 19.8 Å². The SMILES string of the molecule is CCc1ccc(N2C(=O)/C(=C/c3ccc(N(C)C)cc3)C(=O)NC2=S)cc1. The number of nitrogens with zero attached hydrogens (tertiary/aromatic N) is 2. The Balaban J connectivity index is 1.93. The molecule has 1 aliphatic heterocycles. The molecule has 0 radical (unpaired) electrons. The fraction of sp³-hybridized carbons (Fsp3) is 0.190. The van der Waals surface area contributed by atoms with Gasteiger partial charge in [0.15, 0.2) is 5.11 Å². The van der Waals surface area contributed by atoms with E-state index in [2.05, 4.69) is 12.2 Å². The zero-order valence-electron chi connectivity index (χ0n) is 15.5. The molecule has 1 N–H and O–H groups in total. The molecule has 27 heavy (non-hydrogen) atoms. The lowest BCUT2D eigenvalue weighted by Gasteiger charge is -2.29. The van der Waals surface area contributed by atoms with Crippen molar-refractivity contribution < 1.29 is 9.59 Å². The number of thiocarbonyl (C=S) groups is 1. The van der Waals surface area contributed by atoms with Crippen molar-refractivity contribution in [3.8, 4) is 0 Å². The minimum absolute atomic E-state index is 0.0563. The predicted octanol–water partition coefficient (Wildman–Crippen LogP) is 3.15. The molecule has 0 bridgehead atoms. The Hall–Kier alpha value is -2.99. The molecule has 3 rings (SSSR count). The fourth-order valence-corrected chi connectivity index (χ4v) is 3.09. The van der Waals surface area contributed by atoms with Gasteiger partial charge in [0.05, 0.1) is 5.69 Å². The molecule has 0 aliphatic carbocycles. The molecule has 0 atom stereocenters. The largest absolute Gasteiger partial charge is 0.378 e. The monoisotopic (exact) mass is 379 g/mol. The summed E-state index contributed by atoms with van der Waals surface area (Å²) in [5, 5.41) is 2.70. The number of nitrogens with one attached hydrogen (secondary N) is 1. The number of carbonyl (C=O) groups is 2. The van der Waals surface area contributed by atoms with E-state index in [4.69, 9.17) is 12.2 Å². The van der Waals surface area contributed by atoms with Crippen molar-refractivity contribution in [2.24, 2.45) is 0 Å². The summed E-state index contributed by atoms with van der Waals surface area (Å²) in [7, 11) is 3.91. The van der Waals surface area contributed by atoms with E-state index in [1.807, 2.05) is 67.5 Å². The summed E-state index contributed by atoms with van der Waals surface area (Å²) in [5.74, 6) is -0.909. The summed E-state index contributed by atoms with van der Waals surface area (Å²) in [6.45, 7) is 2.06. The smallest absolute Gasteiger partial charge is 0.270 e. The van der Waals surface area contributed by atoms with Crippen LogP contribution >= 0.6 is 12.2 Å². The number of amides is 2. The Morgan fingerprint density at radius 1 is 1.04 bits per heavy atom. The van der Waals surface area contributed by atoms with Crippen molar-refractivity contribution in [3.63, 3.8) is 0 Å². The summed E-state index contributed by atoms with van der Waals surface area (Å²) in [6, 6.07) is 15.2. The number of hydrogen-bond acceptors (Lipinski definition) is 4. The highest BCUT2D eigenvalue weighted by atomic mass is 32.1. The van der Waals surface area contributed by atoms with Gasteiger partial charge in [0.2, 0.25) is 0 Å². The predicted molar refractivity (Wildman–Crippen MR) is 113 cm³/mol. The summed E-state index contributed by atoms with van der Waals surface area (Å²) >= 11 is 5.23. The van der Waals surface area contributed by atoms with Crippen molar-refractivity contribution in [1.82, 2.24) is 5.32 Å². The summed E-state index contributed by atoms with van der Waals surface area (Å²) in [6.07, 6.45) is 2.50. The topological polar surface area (TPSA) is 52.7 Å². The quantitative estimate of drug-likeness (QED) is 0.504. The molecule has 2 aromatic carbocycles. The number of anilines is 2. The lowest BCUT2D eigenvalue weighted by Crippen LogP contribution is -2.54. The van der Waals surface area contributed by atoms with Crippen LogP contribution in [0.3, 0.4) is 0 Å². The van der Waals surface area contributed by atoms with E-state index in [1.165, 1.54) is 4.90 Å². The second-order valence-electron chi connectivity index (χ2n) is 6.46. The Bertz CT molecular complexity index is 915. The van der Waals surface area contributed by atoms with Crippen LogP contribution in [0.15, 0.2) is 54.1 Å². The Morgan fingerprint density at radius 2 is 1.67 bits per heavy atom. The third-order valence-corrected chi connectivity index (χ3v) is 4.71. The highest BCUT2D eigenvalue weighted by Crippen LogP contribution is 2.23. The summed E-state index contributed by atoms with van der Waals surface area (Å²) < 4.78 is 0. The van der Waals surface area contributed by atoms with Crippen molar-refractivity contribution in [2.45, 2.75) is 13.3 Å². The molecule has 6 heteroatoms. The van der Waals surface area contributed by atoms with Gasteiger partial charge >= 0.3 is 0 Å². The van der Waals surface area contributed by atoms with Crippen molar-refractivity contribution in [2.75, 3.05) is 23.9 Å². The van der Waals surface area contributed by atoms with Crippen molar-refractivity contribution >= 4 is 46.6 Å². The maximum atomic E-state index is 13.0. The van der Waals surface area contributed by atoms with Crippen LogP contribution in [0.2, 0.25) is 0 Å². The van der Waals surface area contributed by atoms with Gasteiger partial charge in [-0.15, -0.1) is 0 Å². The number of carbonyl (C=O) groups excluding carboxylic acids is 2. The first-order valence-corrected chi connectivity index (χ1v) is 9.09. The molecule has 0 unspecified atom stereocenters. The first-order chi connectivity index (χ1) is 12.9. The minimum Gasteiger partial charge on any atom is -0.378 e. The number of rotatable bonds is 4. The normalized spacial score (nSPS) is 15.9. The van der Waals surface area contributed by atoms with Gasteiger partial charge in [0.1, 0.15) is 5.57 Å². The second-order valence-corrected chi connectivity index (χ2v) is 6.85.